The number of hydrogen-bond acceptors (Lipinski definition) is 5. The van der Waals surface area contributed by atoms with Crippen LogP contribution in [0.25, 0.3) is 0 Å². The zero-order chi connectivity index (χ0) is 20.3. The molecular weight excluding hydrogens is 364 g/mol. The van der Waals surface area contributed by atoms with Crippen molar-refractivity contribution >= 4 is 23.5 Å². The first-order valence-electron chi connectivity index (χ1n) is 9.36. The van der Waals surface area contributed by atoms with Crippen LogP contribution < -0.4 is 10.6 Å². The van der Waals surface area contributed by atoms with Crippen molar-refractivity contribution in [3.05, 3.63) is 29.8 Å². The van der Waals surface area contributed by atoms with Crippen LogP contribution in [0.1, 0.15) is 66.5 Å². The van der Waals surface area contributed by atoms with E-state index in [0.717, 1.165) is 25.7 Å². The fourth-order valence-corrected chi connectivity index (χ4v) is 3.14. The fraction of sp³-hybridized carbons (Fsp3) is 0.500. The maximum Gasteiger partial charge on any atom is 0.328 e. The van der Waals surface area contributed by atoms with E-state index in [2.05, 4.69) is 20.8 Å². The number of aliphatic carboxylic acids is 1. The van der Waals surface area contributed by atoms with Gasteiger partial charge in [0.25, 0.3) is 11.8 Å². The van der Waals surface area contributed by atoms with Crippen molar-refractivity contribution in [2.45, 2.75) is 58.2 Å². The normalized spacial score (nSPS) is 15.4. The molecule has 1 atom stereocenters. The minimum absolute atomic E-state index is 0.0551. The summed E-state index contributed by atoms with van der Waals surface area (Å²) in [5, 5.41) is 22.9. The number of amides is 2. The Morgan fingerprint density at radius 2 is 1.96 bits per heavy atom. The highest BCUT2D eigenvalue weighted by atomic mass is 16.4. The van der Waals surface area contributed by atoms with Gasteiger partial charge in [0.05, 0.1) is 5.69 Å². The van der Waals surface area contributed by atoms with Crippen molar-refractivity contribution in [1.82, 2.24) is 24.9 Å². The average Bonchev–Trinajstić information content (AvgIpc) is 3.41. The van der Waals surface area contributed by atoms with Gasteiger partial charge >= 0.3 is 5.97 Å². The Balaban J connectivity index is 1.75. The van der Waals surface area contributed by atoms with E-state index in [1.807, 2.05) is 6.92 Å². The molecule has 10 nitrogen and oxygen atoms in total. The van der Waals surface area contributed by atoms with Gasteiger partial charge in [-0.1, -0.05) is 12.8 Å². The van der Waals surface area contributed by atoms with Crippen molar-refractivity contribution < 1.29 is 19.5 Å². The smallest absolute Gasteiger partial charge is 0.328 e. The largest absolute Gasteiger partial charge is 0.480 e. The molecule has 2 aromatic heterocycles. The molecule has 28 heavy (non-hydrogen) atoms. The van der Waals surface area contributed by atoms with E-state index in [4.69, 9.17) is 5.11 Å². The summed E-state index contributed by atoms with van der Waals surface area (Å²) < 4.78 is 2.77. The van der Waals surface area contributed by atoms with Crippen LogP contribution in [0.15, 0.2) is 18.5 Å². The van der Waals surface area contributed by atoms with Gasteiger partial charge in [0.15, 0.2) is 11.4 Å². The number of aromatic nitrogens is 4. The van der Waals surface area contributed by atoms with Gasteiger partial charge in [-0.3, -0.25) is 19.0 Å². The summed E-state index contributed by atoms with van der Waals surface area (Å²) in [6.07, 6.45) is 7.10. The molecule has 0 spiro atoms. The van der Waals surface area contributed by atoms with Crippen LogP contribution in [0.4, 0.5) is 5.69 Å². The maximum absolute atomic E-state index is 12.6. The molecule has 0 aromatic carbocycles. The molecule has 3 rings (SSSR count). The zero-order valence-corrected chi connectivity index (χ0v) is 15.9. The molecule has 2 aromatic rings. The van der Waals surface area contributed by atoms with Gasteiger partial charge in [0, 0.05) is 25.0 Å². The molecule has 10 heteroatoms. The van der Waals surface area contributed by atoms with Crippen molar-refractivity contribution in [1.29, 1.82) is 0 Å². The summed E-state index contributed by atoms with van der Waals surface area (Å²) >= 11 is 0. The second kappa shape index (κ2) is 8.24. The molecular formula is C18H24N6O4. The third-order valence-electron chi connectivity index (χ3n) is 4.83. The van der Waals surface area contributed by atoms with Gasteiger partial charge in [-0.25, -0.2) is 4.79 Å². The number of carboxylic acid groups (broad SMARTS) is 1. The summed E-state index contributed by atoms with van der Waals surface area (Å²) in [5.74, 6) is -1.91. The summed E-state index contributed by atoms with van der Waals surface area (Å²) in [6.45, 7) is 3.89. The second-order valence-electron chi connectivity index (χ2n) is 6.85. The Labute approximate surface area is 161 Å². The lowest BCUT2D eigenvalue weighted by Crippen LogP contribution is -2.33. The molecule has 2 heterocycles. The van der Waals surface area contributed by atoms with Gasteiger partial charge < -0.3 is 15.7 Å². The highest BCUT2D eigenvalue weighted by Crippen LogP contribution is 2.20. The third-order valence-corrected chi connectivity index (χ3v) is 4.83. The van der Waals surface area contributed by atoms with Crippen LogP contribution in [-0.4, -0.2) is 48.5 Å². The lowest BCUT2D eigenvalue weighted by Gasteiger charge is -2.11. The predicted octanol–water partition coefficient (Wildman–Crippen LogP) is 1.67. The molecule has 1 aliphatic carbocycles. The molecule has 0 aliphatic heterocycles. The summed E-state index contributed by atoms with van der Waals surface area (Å²) in [7, 11) is 0. The van der Waals surface area contributed by atoms with Crippen molar-refractivity contribution in [2.24, 2.45) is 0 Å². The topological polar surface area (TPSA) is 131 Å². The molecule has 1 saturated carbocycles. The number of carboxylic acids is 1. The van der Waals surface area contributed by atoms with E-state index in [-0.39, 0.29) is 23.3 Å². The standard InChI is InChI=1S/C18H24N6O4/c1-3-23-10-14(15(22-23)17(26)19-12-6-4-5-7-12)20-16(25)13-8-9-24(21-13)11(2)18(27)28/h8-12H,3-7H2,1-2H3,(H,19,26)(H,20,25)(H,27,28). The Bertz CT molecular complexity index is 881. The Hall–Kier alpha value is -3.17. The van der Waals surface area contributed by atoms with Crippen molar-refractivity contribution in [2.75, 3.05) is 5.32 Å². The number of hydrogen-bond donors (Lipinski definition) is 3. The monoisotopic (exact) mass is 388 g/mol. The van der Waals surface area contributed by atoms with Crippen molar-refractivity contribution in [3.63, 3.8) is 0 Å². The first kappa shape index (κ1) is 19.6. The number of anilines is 1. The third kappa shape index (κ3) is 4.21. The molecule has 1 aliphatic rings. The van der Waals surface area contributed by atoms with Crippen LogP contribution >= 0.6 is 0 Å². The highest BCUT2D eigenvalue weighted by Gasteiger charge is 2.24. The molecule has 2 amide bonds. The zero-order valence-electron chi connectivity index (χ0n) is 15.9. The van der Waals surface area contributed by atoms with E-state index >= 15 is 0 Å². The van der Waals surface area contributed by atoms with Gasteiger partial charge in [-0.05, 0) is 32.8 Å². The van der Waals surface area contributed by atoms with E-state index in [1.165, 1.54) is 23.9 Å². The van der Waals surface area contributed by atoms with Gasteiger partial charge in [0.2, 0.25) is 0 Å². The molecule has 150 valence electrons. The fourth-order valence-electron chi connectivity index (χ4n) is 3.14. The number of carbonyl (C=O) groups excluding carboxylic acids is 2. The van der Waals surface area contributed by atoms with Gasteiger partial charge in [0.1, 0.15) is 6.04 Å². The van der Waals surface area contributed by atoms with E-state index in [9.17, 15) is 14.4 Å². The molecule has 1 fully saturated rings. The number of rotatable bonds is 7. The SMILES string of the molecule is CCn1cc(NC(=O)c2ccn(C(C)C(=O)O)n2)c(C(=O)NC2CCCC2)n1. The number of carbonyl (C=O) groups is 3. The Morgan fingerprint density at radius 3 is 2.61 bits per heavy atom. The Kier molecular flexibility index (Phi) is 5.76. The van der Waals surface area contributed by atoms with Crippen LogP contribution in [0.2, 0.25) is 0 Å². The molecule has 0 saturated heterocycles. The molecule has 0 bridgehead atoms. The van der Waals surface area contributed by atoms with Crippen LogP contribution in [0.3, 0.4) is 0 Å². The lowest BCUT2D eigenvalue weighted by atomic mass is 10.2. The summed E-state index contributed by atoms with van der Waals surface area (Å²) in [5.41, 5.74) is 0.503. The van der Waals surface area contributed by atoms with Crippen LogP contribution in [0.5, 0.6) is 0 Å². The van der Waals surface area contributed by atoms with Crippen molar-refractivity contribution in [3.8, 4) is 0 Å². The average molecular weight is 388 g/mol. The summed E-state index contributed by atoms with van der Waals surface area (Å²) in [4.78, 5) is 36.2. The molecule has 1 unspecified atom stereocenters. The maximum atomic E-state index is 12.6. The first-order valence-corrected chi connectivity index (χ1v) is 9.36. The Morgan fingerprint density at radius 1 is 1.25 bits per heavy atom. The number of aryl methyl sites for hydroxylation is 1. The number of nitrogens with one attached hydrogen (secondary N) is 2. The van der Waals surface area contributed by atoms with Crippen LogP contribution in [-0.2, 0) is 11.3 Å². The minimum Gasteiger partial charge on any atom is -0.480 e. The predicted molar refractivity (Wildman–Crippen MR) is 100 cm³/mol. The van der Waals surface area contributed by atoms with E-state index < -0.39 is 17.9 Å². The summed E-state index contributed by atoms with van der Waals surface area (Å²) in [6, 6.07) is 0.672. The highest BCUT2D eigenvalue weighted by molar-refractivity contribution is 6.07. The first-order chi connectivity index (χ1) is 13.4. The quantitative estimate of drug-likeness (QED) is 0.661. The second-order valence-corrected chi connectivity index (χ2v) is 6.85. The molecule has 0 radical (unpaired) electrons. The number of nitrogens with zero attached hydrogens (tertiary/aromatic N) is 4. The van der Waals surface area contributed by atoms with Crippen LogP contribution in [0, 0.1) is 0 Å². The minimum atomic E-state index is -1.05. The van der Waals surface area contributed by atoms with E-state index in [1.54, 1.807) is 10.9 Å². The lowest BCUT2D eigenvalue weighted by molar-refractivity contribution is -0.140. The van der Waals surface area contributed by atoms with Gasteiger partial charge in [-0.15, -0.1) is 0 Å². The molecule has 3 N–H and O–H groups in total. The van der Waals surface area contributed by atoms with E-state index in [0.29, 0.717) is 12.2 Å². The van der Waals surface area contributed by atoms with Gasteiger partial charge in [-0.2, -0.15) is 10.2 Å².